The number of halogens is 5. The Labute approximate surface area is 107 Å². The van der Waals surface area contributed by atoms with Gasteiger partial charge >= 0.3 is 6.18 Å². The fourth-order valence-corrected chi connectivity index (χ4v) is 2.51. The summed E-state index contributed by atoms with van der Waals surface area (Å²) in [5.74, 6) is -3.16. The molecule has 0 heterocycles. The summed E-state index contributed by atoms with van der Waals surface area (Å²) in [5, 5.41) is 0. The lowest BCUT2D eigenvalue weighted by Gasteiger charge is -2.48. The molecule has 2 N–H and O–H groups in total. The molecule has 0 aromatic heterocycles. The van der Waals surface area contributed by atoms with Gasteiger partial charge in [0.2, 0.25) is 0 Å². The molecule has 1 saturated carbocycles. The van der Waals surface area contributed by atoms with Crippen LogP contribution in [-0.2, 0) is 6.18 Å². The number of hydrogen-bond donors (Lipinski definition) is 1. The summed E-state index contributed by atoms with van der Waals surface area (Å²) in [6.45, 7) is 1.66. The van der Waals surface area contributed by atoms with E-state index < -0.39 is 42.0 Å². The first-order valence-corrected chi connectivity index (χ1v) is 5.87. The van der Waals surface area contributed by atoms with E-state index in [4.69, 9.17) is 5.73 Å². The molecule has 0 spiro atoms. The molecule has 1 aromatic rings. The lowest BCUT2D eigenvalue weighted by atomic mass is 9.65. The molecule has 0 radical (unpaired) electrons. The normalized spacial score (nSPS) is 22.7. The quantitative estimate of drug-likeness (QED) is 0.815. The van der Waals surface area contributed by atoms with Gasteiger partial charge in [-0.15, -0.1) is 0 Å². The van der Waals surface area contributed by atoms with Crippen molar-refractivity contribution in [1.29, 1.82) is 0 Å². The van der Waals surface area contributed by atoms with Crippen LogP contribution in [0.25, 0.3) is 0 Å². The standard InChI is InChI=1S/C13H14F5N/c1-8(11(19)6-12(14,15)7-11)9-2-4-10(5-3-9)13(16,17)18/h2-5,8H,6-7,19H2,1H3. The van der Waals surface area contributed by atoms with Gasteiger partial charge in [-0.2, -0.15) is 13.2 Å². The summed E-state index contributed by atoms with van der Waals surface area (Å²) in [7, 11) is 0. The van der Waals surface area contributed by atoms with Gasteiger partial charge in [0, 0.05) is 18.4 Å². The van der Waals surface area contributed by atoms with Gasteiger partial charge in [0.1, 0.15) is 0 Å². The third-order valence-electron chi connectivity index (χ3n) is 3.78. The van der Waals surface area contributed by atoms with Crippen LogP contribution in [0.15, 0.2) is 24.3 Å². The second kappa shape index (κ2) is 4.16. The molecule has 106 valence electrons. The summed E-state index contributed by atoms with van der Waals surface area (Å²) >= 11 is 0. The second-order valence-corrected chi connectivity index (χ2v) is 5.28. The van der Waals surface area contributed by atoms with E-state index in [1.807, 2.05) is 0 Å². The van der Waals surface area contributed by atoms with Crippen LogP contribution in [0.1, 0.15) is 36.8 Å². The van der Waals surface area contributed by atoms with Crippen molar-refractivity contribution in [3.63, 3.8) is 0 Å². The van der Waals surface area contributed by atoms with Crippen LogP contribution in [-0.4, -0.2) is 11.5 Å². The lowest BCUT2D eigenvalue weighted by molar-refractivity contribution is -0.137. The molecule has 6 heteroatoms. The van der Waals surface area contributed by atoms with Gasteiger partial charge in [0.25, 0.3) is 5.92 Å². The zero-order valence-electron chi connectivity index (χ0n) is 10.3. The first kappa shape index (κ1) is 14.2. The predicted octanol–water partition coefficient (Wildman–Crippen LogP) is 3.94. The van der Waals surface area contributed by atoms with E-state index in [1.54, 1.807) is 6.92 Å². The Morgan fingerprint density at radius 3 is 1.95 bits per heavy atom. The summed E-state index contributed by atoms with van der Waals surface area (Å²) in [5.41, 5.74) is 4.63. The van der Waals surface area contributed by atoms with Crippen LogP contribution in [0.5, 0.6) is 0 Å². The summed E-state index contributed by atoms with van der Waals surface area (Å²) in [6, 6.07) is 4.51. The summed E-state index contributed by atoms with van der Waals surface area (Å²) in [6.07, 6.45) is -5.25. The number of hydrogen-bond acceptors (Lipinski definition) is 1. The lowest BCUT2D eigenvalue weighted by Crippen LogP contribution is -2.61. The Bertz CT molecular complexity index is 455. The highest BCUT2D eigenvalue weighted by Gasteiger charge is 2.56. The van der Waals surface area contributed by atoms with Crippen molar-refractivity contribution in [2.24, 2.45) is 5.73 Å². The predicted molar refractivity (Wildman–Crippen MR) is 61.0 cm³/mol. The van der Waals surface area contributed by atoms with Gasteiger partial charge in [0.05, 0.1) is 5.56 Å². The molecular weight excluding hydrogens is 265 g/mol. The van der Waals surface area contributed by atoms with Crippen molar-refractivity contribution < 1.29 is 22.0 Å². The zero-order valence-corrected chi connectivity index (χ0v) is 10.3. The average molecular weight is 279 g/mol. The number of rotatable bonds is 2. The van der Waals surface area contributed by atoms with Crippen molar-refractivity contribution in [1.82, 2.24) is 0 Å². The Balaban J connectivity index is 2.15. The molecule has 19 heavy (non-hydrogen) atoms. The third kappa shape index (κ3) is 2.73. The Morgan fingerprint density at radius 2 is 1.58 bits per heavy atom. The monoisotopic (exact) mass is 279 g/mol. The Hall–Kier alpha value is -1.17. The van der Waals surface area contributed by atoms with Crippen molar-refractivity contribution in [3.8, 4) is 0 Å². The maximum atomic E-state index is 12.9. The molecule has 0 aliphatic heterocycles. The molecule has 1 unspecified atom stereocenters. The van der Waals surface area contributed by atoms with Crippen LogP contribution in [0.3, 0.4) is 0 Å². The molecule has 2 rings (SSSR count). The highest BCUT2D eigenvalue weighted by atomic mass is 19.4. The molecule has 1 aliphatic carbocycles. The maximum Gasteiger partial charge on any atom is 0.416 e. The van der Waals surface area contributed by atoms with E-state index in [0.29, 0.717) is 5.56 Å². The fraction of sp³-hybridized carbons (Fsp3) is 0.538. The van der Waals surface area contributed by atoms with E-state index in [2.05, 4.69) is 0 Å². The molecule has 0 amide bonds. The van der Waals surface area contributed by atoms with Gasteiger partial charge in [-0.3, -0.25) is 0 Å². The Kier molecular flexibility index (Phi) is 3.12. The van der Waals surface area contributed by atoms with Crippen molar-refractivity contribution in [2.45, 2.75) is 43.3 Å². The minimum absolute atomic E-state index is 0.408. The summed E-state index contributed by atoms with van der Waals surface area (Å²) < 4.78 is 63.0. The number of nitrogens with two attached hydrogens (primary N) is 1. The first-order chi connectivity index (χ1) is 8.54. The highest BCUT2D eigenvalue weighted by molar-refractivity contribution is 5.30. The topological polar surface area (TPSA) is 26.0 Å². The van der Waals surface area contributed by atoms with Crippen LogP contribution < -0.4 is 5.73 Å². The van der Waals surface area contributed by atoms with Gasteiger partial charge in [-0.05, 0) is 23.6 Å². The fourth-order valence-electron chi connectivity index (χ4n) is 2.51. The van der Waals surface area contributed by atoms with E-state index in [9.17, 15) is 22.0 Å². The number of alkyl halides is 5. The van der Waals surface area contributed by atoms with E-state index in [0.717, 1.165) is 12.1 Å². The van der Waals surface area contributed by atoms with Crippen LogP contribution in [0, 0.1) is 0 Å². The zero-order chi connectivity index (χ0) is 14.5. The molecule has 1 aromatic carbocycles. The minimum atomic E-state index is -4.40. The van der Waals surface area contributed by atoms with Crippen LogP contribution >= 0.6 is 0 Å². The Morgan fingerprint density at radius 1 is 1.11 bits per heavy atom. The first-order valence-electron chi connectivity index (χ1n) is 5.87. The largest absolute Gasteiger partial charge is 0.416 e. The molecule has 1 atom stereocenters. The SMILES string of the molecule is CC(c1ccc(C(F)(F)F)cc1)C1(N)CC(F)(F)C1. The van der Waals surface area contributed by atoms with E-state index >= 15 is 0 Å². The highest BCUT2D eigenvalue weighted by Crippen LogP contribution is 2.50. The molecule has 1 nitrogen and oxygen atoms in total. The third-order valence-corrected chi connectivity index (χ3v) is 3.78. The van der Waals surface area contributed by atoms with Crippen molar-refractivity contribution >= 4 is 0 Å². The van der Waals surface area contributed by atoms with Crippen LogP contribution in [0.2, 0.25) is 0 Å². The van der Waals surface area contributed by atoms with Gasteiger partial charge in [-0.1, -0.05) is 19.1 Å². The van der Waals surface area contributed by atoms with Gasteiger partial charge in [0.15, 0.2) is 0 Å². The van der Waals surface area contributed by atoms with E-state index in [1.165, 1.54) is 12.1 Å². The van der Waals surface area contributed by atoms with E-state index in [-0.39, 0.29) is 0 Å². The smallest absolute Gasteiger partial charge is 0.324 e. The van der Waals surface area contributed by atoms with Gasteiger partial charge in [-0.25, -0.2) is 8.78 Å². The molecule has 0 bridgehead atoms. The average Bonchev–Trinajstić information content (AvgIpc) is 2.24. The van der Waals surface area contributed by atoms with Crippen molar-refractivity contribution in [3.05, 3.63) is 35.4 Å². The molecule has 0 saturated heterocycles. The number of benzene rings is 1. The molecular formula is C13H14F5N. The molecule has 1 fully saturated rings. The van der Waals surface area contributed by atoms with Crippen molar-refractivity contribution in [2.75, 3.05) is 0 Å². The second-order valence-electron chi connectivity index (χ2n) is 5.28. The van der Waals surface area contributed by atoms with Gasteiger partial charge < -0.3 is 5.73 Å². The maximum absolute atomic E-state index is 12.9. The minimum Gasteiger partial charge on any atom is -0.324 e. The van der Waals surface area contributed by atoms with Crippen LogP contribution in [0.4, 0.5) is 22.0 Å². The molecule has 1 aliphatic rings. The summed E-state index contributed by atoms with van der Waals surface area (Å²) in [4.78, 5) is 0.